The van der Waals surface area contributed by atoms with Gasteiger partial charge in [-0.1, -0.05) is 26.3 Å². The number of rotatable bonds is 7. The topological polar surface area (TPSA) is 65.7 Å². The maximum Gasteiger partial charge on any atom is 0.160 e. The molecule has 1 saturated carbocycles. The van der Waals surface area contributed by atoms with Gasteiger partial charge >= 0.3 is 0 Å². The zero-order valence-electron chi connectivity index (χ0n) is 18.1. The zero-order valence-corrected chi connectivity index (χ0v) is 18.1. The summed E-state index contributed by atoms with van der Waals surface area (Å²) in [5.74, 6) is 1.86. The third kappa shape index (κ3) is 4.29. The van der Waals surface area contributed by atoms with Crippen molar-refractivity contribution in [1.82, 2.24) is 19.5 Å². The molecule has 1 fully saturated rings. The van der Waals surface area contributed by atoms with Crippen LogP contribution < -0.4 is 5.32 Å². The first kappa shape index (κ1) is 20.7. The van der Waals surface area contributed by atoms with E-state index in [4.69, 9.17) is 4.98 Å². The van der Waals surface area contributed by atoms with Crippen molar-refractivity contribution in [2.45, 2.75) is 45.4 Å². The standard InChI is InChI=1S/C24H33N5O/c1-4-19-15-26-29-23(25-14-18-9-10-28(3)17(2)11-18)13-22(27-24(19)29)12-20-7-5-6-8-21(20)16-30/h9-11,13,15,20-21,25,30H,2,4-8,12,14,16H2,1,3H3/t20-,21+/m1/s1. The molecule has 0 unspecified atom stereocenters. The molecule has 0 spiro atoms. The summed E-state index contributed by atoms with van der Waals surface area (Å²) in [6, 6.07) is 2.14. The monoisotopic (exact) mass is 407 g/mol. The number of nitrogens with one attached hydrogen (secondary N) is 1. The Bertz CT molecular complexity index is 973. The van der Waals surface area contributed by atoms with Crippen LogP contribution >= 0.6 is 0 Å². The highest BCUT2D eigenvalue weighted by Crippen LogP contribution is 2.32. The number of aliphatic hydroxyl groups is 1. The first-order valence-electron chi connectivity index (χ1n) is 11.1. The quantitative estimate of drug-likeness (QED) is 0.728. The molecule has 0 bridgehead atoms. The minimum Gasteiger partial charge on any atom is -0.396 e. The van der Waals surface area contributed by atoms with Crippen molar-refractivity contribution in [3.8, 4) is 0 Å². The van der Waals surface area contributed by atoms with Gasteiger partial charge in [-0.2, -0.15) is 9.61 Å². The summed E-state index contributed by atoms with van der Waals surface area (Å²) in [6.07, 6.45) is 14.8. The molecule has 0 aromatic carbocycles. The summed E-state index contributed by atoms with van der Waals surface area (Å²) in [5.41, 5.74) is 5.35. The fraction of sp³-hybridized carbons (Fsp3) is 0.500. The molecule has 2 N–H and O–H groups in total. The minimum absolute atomic E-state index is 0.281. The van der Waals surface area contributed by atoms with Crippen LogP contribution in [0, 0.1) is 11.8 Å². The number of hydrogen-bond acceptors (Lipinski definition) is 5. The average Bonchev–Trinajstić information content (AvgIpc) is 3.18. The van der Waals surface area contributed by atoms with Crippen molar-refractivity contribution in [2.24, 2.45) is 11.8 Å². The summed E-state index contributed by atoms with van der Waals surface area (Å²) in [6.45, 7) is 7.20. The van der Waals surface area contributed by atoms with Gasteiger partial charge in [-0.25, -0.2) is 4.98 Å². The van der Waals surface area contributed by atoms with Gasteiger partial charge in [0.05, 0.1) is 6.20 Å². The molecular formula is C24H33N5O. The van der Waals surface area contributed by atoms with Gasteiger partial charge in [0, 0.05) is 49.4 Å². The maximum atomic E-state index is 9.81. The van der Waals surface area contributed by atoms with Crippen LogP contribution in [0.1, 0.15) is 43.9 Å². The molecule has 1 aliphatic heterocycles. The van der Waals surface area contributed by atoms with Crippen molar-refractivity contribution in [3.63, 3.8) is 0 Å². The van der Waals surface area contributed by atoms with Crippen molar-refractivity contribution in [3.05, 3.63) is 59.7 Å². The largest absolute Gasteiger partial charge is 0.396 e. The highest BCUT2D eigenvalue weighted by molar-refractivity contribution is 5.55. The van der Waals surface area contributed by atoms with Gasteiger partial charge in [0.25, 0.3) is 0 Å². The van der Waals surface area contributed by atoms with Crippen molar-refractivity contribution < 1.29 is 5.11 Å². The smallest absolute Gasteiger partial charge is 0.160 e. The predicted molar refractivity (Wildman–Crippen MR) is 121 cm³/mol. The third-order valence-corrected chi connectivity index (χ3v) is 6.54. The SMILES string of the molecule is C=C1C=C(CNc2cc(C[C@H]3CCCC[C@H]3CO)nc3c(CC)cnn23)C=CN1C. The molecule has 2 aromatic heterocycles. The van der Waals surface area contributed by atoms with E-state index in [1.165, 1.54) is 24.8 Å². The normalized spacial score (nSPS) is 21.9. The number of nitrogens with zero attached hydrogens (tertiary/aromatic N) is 4. The number of aromatic nitrogens is 3. The van der Waals surface area contributed by atoms with Crippen molar-refractivity contribution in [1.29, 1.82) is 0 Å². The minimum atomic E-state index is 0.281. The lowest BCUT2D eigenvalue weighted by Gasteiger charge is -2.30. The predicted octanol–water partition coefficient (Wildman–Crippen LogP) is 3.94. The summed E-state index contributed by atoms with van der Waals surface area (Å²) >= 11 is 0. The van der Waals surface area contributed by atoms with Gasteiger partial charge in [0.2, 0.25) is 0 Å². The lowest BCUT2D eigenvalue weighted by molar-refractivity contribution is 0.134. The van der Waals surface area contributed by atoms with Crippen LogP contribution in [0.3, 0.4) is 0 Å². The molecule has 6 heteroatoms. The summed E-state index contributed by atoms with van der Waals surface area (Å²) < 4.78 is 1.92. The summed E-state index contributed by atoms with van der Waals surface area (Å²) in [7, 11) is 2.00. The second-order valence-electron chi connectivity index (χ2n) is 8.57. The number of fused-ring (bicyclic) bond motifs is 1. The van der Waals surface area contributed by atoms with Gasteiger partial charge in [-0.05, 0) is 55.2 Å². The molecule has 0 saturated heterocycles. The number of likely N-dealkylation sites (N-methyl/N-ethyl adjacent to an activating group) is 1. The number of hydrogen-bond donors (Lipinski definition) is 2. The summed E-state index contributed by atoms with van der Waals surface area (Å²) in [4.78, 5) is 6.98. The van der Waals surface area contributed by atoms with Crippen molar-refractivity contribution in [2.75, 3.05) is 25.5 Å². The molecule has 2 atom stereocenters. The molecule has 1 aliphatic carbocycles. The van der Waals surface area contributed by atoms with Crippen LogP contribution in [0.15, 0.2) is 48.5 Å². The summed E-state index contributed by atoms with van der Waals surface area (Å²) in [5, 5.41) is 18.0. The Balaban J connectivity index is 1.60. The first-order valence-corrected chi connectivity index (χ1v) is 11.1. The van der Waals surface area contributed by atoms with Crippen LogP contribution in [-0.2, 0) is 12.8 Å². The fourth-order valence-corrected chi connectivity index (χ4v) is 4.57. The highest BCUT2D eigenvalue weighted by Gasteiger charge is 2.25. The third-order valence-electron chi connectivity index (χ3n) is 6.54. The van der Waals surface area contributed by atoms with E-state index in [1.807, 2.05) is 28.9 Å². The van der Waals surface area contributed by atoms with Crippen LogP contribution in [0.2, 0.25) is 0 Å². The molecule has 0 amide bonds. The Hall–Kier alpha value is -2.60. The molecule has 160 valence electrons. The second kappa shape index (κ2) is 9.04. The van der Waals surface area contributed by atoms with E-state index in [1.54, 1.807) is 0 Å². The van der Waals surface area contributed by atoms with E-state index in [0.29, 0.717) is 18.4 Å². The van der Waals surface area contributed by atoms with E-state index < -0.39 is 0 Å². The van der Waals surface area contributed by atoms with E-state index in [9.17, 15) is 5.11 Å². The van der Waals surface area contributed by atoms with E-state index in [-0.39, 0.29) is 6.61 Å². The maximum absolute atomic E-state index is 9.81. The Morgan fingerprint density at radius 1 is 1.27 bits per heavy atom. The number of anilines is 1. The molecule has 4 rings (SSSR count). The molecule has 3 heterocycles. The van der Waals surface area contributed by atoms with Crippen LogP contribution in [0.25, 0.3) is 5.65 Å². The molecule has 6 nitrogen and oxygen atoms in total. The first-order chi connectivity index (χ1) is 14.6. The Morgan fingerprint density at radius 3 is 2.80 bits per heavy atom. The molecule has 2 aliphatic rings. The van der Waals surface area contributed by atoms with Crippen molar-refractivity contribution >= 4 is 11.5 Å². The van der Waals surface area contributed by atoms with Gasteiger partial charge in [0.1, 0.15) is 5.82 Å². The van der Waals surface area contributed by atoms with Gasteiger partial charge < -0.3 is 15.3 Å². The van der Waals surface area contributed by atoms with E-state index >= 15 is 0 Å². The Labute approximate surface area is 179 Å². The number of aliphatic hydroxyl groups excluding tert-OH is 1. The van der Waals surface area contributed by atoms with Gasteiger partial charge in [0.15, 0.2) is 5.65 Å². The number of allylic oxidation sites excluding steroid dienone is 1. The van der Waals surface area contributed by atoms with E-state index in [0.717, 1.165) is 47.7 Å². The average molecular weight is 408 g/mol. The zero-order chi connectivity index (χ0) is 21.1. The highest BCUT2D eigenvalue weighted by atomic mass is 16.3. The Morgan fingerprint density at radius 2 is 2.07 bits per heavy atom. The Kier molecular flexibility index (Phi) is 6.23. The molecule has 2 aromatic rings. The van der Waals surface area contributed by atoms with Crippen LogP contribution in [0.5, 0.6) is 0 Å². The molecule has 30 heavy (non-hydrogen) atoms. The number of aryl methyl sites for hydroxylation is 1. The fourth-order valence-electron chi connectivity index (χ4n) is 4.57. The molecule has 0 radical (unpaired) electrons. The molecular weight excluding hydrogens is 374 g/mol. The van der Waals surface area contributed by atoms with Crippen LogP contribution in [-0.4, -0.2) is 44.8 Å². The lowest BCUT2D eigenvalue weighted by Crippen LogP contribution is -2.25. The lowest BCUT2D eigenvalue weighted by atomic mass is 9.77. The van der Waals surface area contributed by atoms with Gasteiger partial charge in [-0.15, -0.1) is 0 Å². The second-order valence-corrected chi connectivity index (χ2v) is 8.57. The van der Waals surface area contributed by atoms with Crippen LogP contribution in [0.4, 0.5) is 5.82 Å². The van der Waals surface area contributed by atoms with E-state index in [2.05, 4.69) is 42.1 Å². The van der Waals surface area contributed by atoms with Gasteiger partial charge in [-0.3, -0.25) is 0 Å².